The Bertz CT molecular complexity index is 577. The van der Waals surface area contributed by atoms with Crippen LogP contribution in [0.25, 0.3) is 0 Å². The molecule has 1 heterocycles. The Hall–Kier alpha value is -2.43. The third-order valence-corrected chi connectivity index (χ3v) is 3.00. The van der Waals surface area contributed by atoms with E-state index in [2.05, 4.69) is 53.6 Å². The molecule has 2 rings (SSSR count). The summed E-state index contributed by atoms with van der Waals surface area (Å²) in [5.74, 6) is 0.00250. The molecule has 2 aromatic rings. The van der Waals surface area contributed by atoms with Crippen LogP contribution in [0.5, 0.6) is 0 Å². The zero-order chi connectivity index (χ0) is 14.5. The molecule has 0 saturated carbocycles. The summed E-state index contributed by atoms with van der Waals surface area (Å²) in [6, 6.07) is 11.4. The minimum Gasteiger partial charge on any atom is -0.476 e. The van der Waals surface area contributed by atoms with Crippen LogP contribution in [-0.2, 0) is 6.54 Å². The van der Waals surface area contributed by atoms with E-state index in [0.717, 1.165) is 5.56 Å². The lowest BCUT2D eigenvalue weighted by Crippen LogP contribution is -2.06. The predicted molar refractivity (Wildman–Crippen MR) is 76.8 cm³/mol. The van der Waals surface area contributed by atoms with E-state index in [1.807, 2.05) is 0 Å². The fourth-order valence-electron chi connectivity index (χ4n) is 1.75. The normalized spacial score (nSPS) is 10.6. The lowest BCUT2D eigenvalue weighted by Gasteiger charge is -2.08. The van der Waals surface area contributed by atoms with Crippen molar-refractivity contribution < 1.29 is 9.90 Å². The van der Waals surface area contributed by atoms with Gasteiger partial charge in [-0.3, -0.25) is 0 Å². The summed E-state index contributed by atoms with van der Waals surface area (Å²) >= 11 is 0. The van der Waals surface area contributed by atoms with Crippen LogP contribution >= 0.6 is 0 Å². The Morgan fingerprint density at radius 3 is 2.35 bits per heavy atom. The molecule has 0 aliphatic rings. The van der Waals surface area contributed by atoms with Gasteiger partial charge in [0.15, 0.2) is 5.69 Å². The Balaban J connectivity index is 1.96. The first-order chi connectivity index (χ1) is 9.56. The molecule has 0 aliphatic heterocycles. The number of carboxylic acids is 1. The molecular weight excluding hydrogens is 254 g/mol. The summed E-state index contributed by atoms with van der Waals surface area (Å²) < 4.78 is 0. The number of aromatic nitrogens is 2. The van der Waals surface area contributed by atoms with Crippen LogP contribution in [0, 0.1) is 0 Å². The molecule has 1 aromatic heterocycles. The molecule has 5 nitrogen and oxygen atoms in total. The van der Waals surface area contributed by atoms with Gasteiger partial charge in [0, 0.05) is 6.54 Å². The van der Waals surface area contributed by atoms with Gasteiger partial charge in [0.1, 0.15) is 5.82 Å². The average Bonchev–Trinajstić information content (AvgIpc) is 2.46. The van der Waals surface area contributed by atoms with Crippen LogP contribution in [0.3, 0.4) is 0 Å². The first-order valence-corrected chi connectivity index (χ1v) is 6.46. The van der Waals surface area contributed by atoms with Gasteiger partial charge >= 0.3 is 5.97 Å². The van der Waals surface area contributed by atoms with Gasteiger partial charge in [-0.15, -0.1) is 10.2 Å². The number of carbonyl (C=O) groups is 1. The first-order valence-electron chi connectivity index (χ1n) is 6.46. The van der Waals surface area contributed by atoms with Crippen LogP contribution in [0.2, 0.25) is 0 Å². The summed E-state index contributed by atoms with van der Waals surface area (Å²) in [6.07, 6.45) is 0. The van der Waals surface area contributed by atoms with Gasteiger partial charge < -0.3 is 10.4 Å². The highest BCUT2D eigenvalue weighted by molar-refractivity contribution is 5.85. The number of hydrogen-bond acceptors (Lipinski definition) is 4. The number of benzene rings is 1. The molecular formula is C15H17N3O2. The summed E-state index contributed by atoms with van der Waals surface area (Å²) in [4.78, 5) is 10.7. The van der Waals surface area contributed by atoms with Gasteiger partial charge in [0.2, 0.25) is 0 Å². The number of hydrogen-bond donors (Lipinski definition) is 2. The van der Waals surface area contributed by atoms with E-state index >= 15 is 0 Å². The van der Waals surface area contributed by atoms with E-state index in [0.29, 0.717) is 18.3 Å². The van der Waals surface area contributed by atoms with Crippen LogP contribution < -0.4 is 5.32 Å². The minimum absolute atomic E-state index is 0.0585. The lowest BCUT2D eigenvalue weighted by molar-refractivity contribution is 0.0689. The molecule has 0 fully saturated rings. The third-order valence-electron chi connectivity index (χ3n) is 3.00. The molecule has 0 aliphatic carbocycles. The first kappa shape index (κ1) is 14.0. The zero-order valence-corrected chi connectivity index (χ0v) is 11.5. The summed E-state index contributed by atoms with van der Waals surface area (Å²) in [6.45, 7) is 4.94. The molecule has 0 amide bonds. The molecule has 0 atom stereocenters. The molecule has 0 saturated heterocycles. The van der Waals surface area contributed by atoms with Crippen molar-refractivity contribution in [1.29, 1.82) is 0 Å². The highest BCUT2D eigenvalue weighted by atomic mass is 16.4. The molecule has 104 valence electrons. The number of carboxylic acid groups (broad SMARTS) is 1. The monoisotopic (exact) mass is 271 g/mol. The molecule has 0 spiro atoms. The molecule has 20 heavy (non-hydrogen) atoms. The second kappa shape index (κ2) is 6.14. The van der Waals surface area contributed by atoms with Gasteiger partial charge in [0.05, 0.1) is 0 Å². The topological polar surface area (TPSA) is 75.1 Å². The molecule has 0 unspecified atom stereocenters. The molecule has 5 heteroatoms. The van der Waals surface area contributed by atoms with Crippen molar-refractivity contribution in [3.05, 3.63) is 53.2 Å². The van der Waals surface area contributed by atoms with Crippen LogP contribution in [0.4, 0.5) is 5.82 Å². The second-order valence-electron chi connectivity index (χ2n) is 4.86. The lowest BCUT2D eigenvalue weighted by atomic mass is 10.0. The Morgan fingerprint density at radius 1 is 1.15 bits per heavy atom. The van der Waals surface area contributed by atoms with Gasteiger partial charge in [-0.2, -0.15) is 0 Å². The van der Waals surface area contributed by atoms with Gasteiger partial charge in [-0.1, -0.05) is 38.1 Å². The van der Waals surface area contributed by atoms with Crippen LogP contribution in [0.1, 0.15) is 41.4 Å². The quantitative estimate of drug-likeness (QED) is 0.874. The van der Waals surface area contributed by atoms with E-state index in [4.69, 9.17) is 5.11 Å². The van der Waals surface area contributed by atoms with Crippen molar-refractivity contribution in [3.63, 3.8) is 0 Å². The number of nitrogens with zero attached hydrogens (tertiary/aromatic N) is 2. The summed E-state index contributed by atoms with van der Waals surface area (Å²) in [5.41, 5.74) is 2.38. The van der Waals surface area contributed by atoms with Crippen molar-refractivity contribution in [1.82, 2.24) is 10.2 Å². The predicted octanol–water partition coefficient (Wildman–Crippen LogP) is 2.91. The maximum absolute atomic E-state index is 10.7. The fraction of sp³-hybridized carbons (Fsp3) is 0.267. The molecule has 0 bridgehead atoms. The van der Waals surface area contributed by atoms with Gasteiger partial charge in [-0.05, 0) is 29.2 Å². The third kappa shape index (κ3) is 3.54. The Morgan fingerprint density at radius 2 is 1.85 bits per heavy atom. The second-order valence-corrected chi connectivity index (χ2v) is 4.86. The van der Waals surface area contributed by atoms with Crippen LogP contribution in [-0.4, -0.2) is 21.3 Å². The van der Waals surface area contributed by atoms with Crippen molar-refractivity contribution in [2.24, 2.45) is 0 Å². The minimum atomic E-state index is -1.08. The molecule has 2 N–H and O–H groups in total. The molecule has 0 radical (unpaired) electrons. The summed E-state index contributed by atoms with van der Waals surface area (Å²) in [7, 11) is 0. The number of aromatic carboxylic acids is 1. The van der Waals surface area contributed by atoms with Crippen LogP contribution in [0.15, 0.2) is 36.4 Å². The van der Waals surface area contributed by atoms with E-state index in [-0.39, 0.29) is 5.69 Å². The molecule has 1 aromatic carbocycles. The van der Waals surface area contributed by atoms with E-state index in [1.165, 1.54) is 11.6 Å². The van der Waals surface area contributed by atoms with E-state index in [1.54, 1.807) is 6.07 Å². The smallest absolute Gasteiger partial charge is 0.356 e. The summed E-state index contributed by atoms with van der Waals surface area (Å²) in [5, 5.41) is 19.3. The zero-order valence-electron chi connectivity index (χ0n) is 11.5. The Labute approximate surface area is 117 Å². The Kier molecular flexibility index (Phi) is 4.30. The van der Waals surface area contributed by atoms with Crippen molar-refractivity contribution in [3.8, 4) is 0 Å². The maximum Gasteiger partial charge on any atom is 0.356 e. The average molecular weight is 271 g/mol. The van der Waals surface area contributed by atoms with Gasteiger partial charge in [0.25, 0.3) is 0 Å². The number of nitrogens with one attached hydrogen (secondary N) is 1. The fourth-order valence-corrected chi connectivity index (χ4v) is 1.75. The number of anilines is 1. The van der Waals surface area contributed by atoms with Gasteiger partial charge in [-0.25, -0.2) is 4.79 Å². The SMILES string of the molecule is CC(C)c1ccc(CNc2ccc(C(=O)O)nn2)cc1. The van der Waals surface area contributed by atoms with Crippen molar-refractivity contribution in [2.45, 2.75) is 26.3 Å². The maximum atomic E-state index is 10.7. The van der Waals surface area contributed by atoms with Crippen molar-refractivity contribution in [2.75, 3.05) is 5.32 Å². The van der Waals surface area contributed by atoms with E-state index in [9.17, 15) is 4.79 Å². The van der Waals surface area contributed by atoms with Crippen molar-refractivity contribution >= 4 is 11.8 Å². The van der Waals surface area contributed by atoms with E-state index < -0.39 is 5.97 Å². The largest absolute Gasteiger partial charge is 0.476 e. The number of rotatable bonds is 5. The standard InChI is InChI=1S/C15H17N3O2/c1-10(2)12-5-3-11(4-6-12)9-16-14-8-7-13(15(19)20)17-18-14/h3-8,10H,9H2,1-2H3,(H,16,18)(H,19,20). The highest BCUT2D eigenvalue weighted by Crippen LogP contribution is 2.15. The highest BCUT2D eigenvalue weighted by Gasteiger charge is 2.05.